The van der Waals surface area contributed by atoms with Gasteiger partial charge in [0.1, 0.15) is 5.75 Å². The van der Waals surface area contributed by atoms with Crippen molar-refractivity contribution >= 4 is 17.2 Å². The van der Waals surface area contributed by atoms with Gasteiger partial charge >= 0.3 is 0 Å². The molecule has 0 atom stereocenters. The molecular formula is C16H15N3O3. The first-order chi connectivity index (χ1) is 10.6. The van der Waals surface area contributed by atoms with Crippen molar-refractivity contribution in [2.75, 3.05) is 11.9 Å². The van der Waals surface area contributed by atoms with E-state index in [1.54, 1.807) is 18.2 Å². The zero-order chi connectivity index (χ0) is 15.5. The summed E-state index contributed by atoms with van der Waals surface area (Å²) in [5.41, 5.74) is 2.06. The Hall–Kier alpha value is -3.02. The van der Waals surface area contributed by atoms with E-state index in [9.17, 15) is 9.90 Å². The summed E-state index contributed by atoms with van der Waals surface area (Å²) in [5.74, 6) is 0.328. The van der Waals surface area contributed by atoms with Gasteiger partial charge in [0.15, 0.2) is 18.0 Å². The summed E-state index contributed by atoms with van der Waals surface area (Å²) in [5, 5.41) is 12.0. The Kier molecular flexibility index (Phi) is 3.65. The lowest BCUT2D eigenvalue weighted by Gasteiger charge is -2.08. The summed E-state index contributed by atoms with van der Waals surface area (Å²) in [6.07, 6.45) is 3.75. The van der Waals surface area contributed by atoms with Crippen LogP contribution in [-0.4, -0.2) is 27.0 Å². The van der Waals surface area contributed by atoms with Crippen LogP contribution in [0.2, 0.25) is 0 Å². The van der Waals surface area contributed by atoms with Crippen LogP contribution < -0.4 is 10.1 Å². The summed E-state index contributed by atoms with van der Waals surface area (Å²) >= 11 is 0. The topological polar surface area (TPSA) is 75.9 Å². The molecule has 22 heavy (non-hydrogen) atoms. The average molecular weight is 297 g/mol. The van der Waals surface area contributed by atoms with Gasteiger partial charge in [-0.1, -0.05) is 6.07 Å². The Morgan fingerprint density at radius 2 is 2.23 bits per heavy atom. The number of phenols is 1. The fraction of sp³-hybridized carbons (Fsp3) is 0.125. The largest absolute Gasteiger partial charge is 0.508 e. The van der Waals surface area contributed by atoms with Crippen molar-refractivity contribution in [3.8, 4) is 11.5 Å². The number of nitrogens with one attached hydrogen (secondary N) is 1. The van der Waals surface area contributed by atoms with Gasteiger partial charge in [-0.15, -0.1) is 0 Å². The number of anilines is 1. The van der Waals surface area contributed by atoms with Gasteiger partial charge in [0.2, 0.25) is 0 Å². The number of carbonyl (C=O) groups is 1. The van der Waals surface area contributed by atoms with Crippen molar-refractivity contribution in [1.82, 2.24) is 9.38 Å². The van der Waals surface area contributed by atoms with E-state index < -0.39 is 0 Å². The van der Waals surface area contributed by atoms with Gasteiger partial charge < -0.3 is 19.6 Å². The number of rotatable bonds is 4. The van der Waals surface area contributed by atoms with Crippen LogP contribution in [0.4, 0.5) is 5.69 Å². The highest BCUT2D eigenvalue weighted by molar-refractivity contribution is 5.92. The molecule has 112 valence electrons. The van der Waals surface area contributed by atoms with Gasteiger partial charge in [0, 0.05) is 24.1 Å². The van der Waals surface area contributed by atoms with Crippen molar-refractivity contribution in [1.29, 1.82) is 0 Å². The number of pyridine rings is 1. The third-order valence-electron chi connectivity index (χ3n) is 3.06. The van der Waals surface area contributed by atoms with E-state index in [4.69, 9.17) is 4.74 Å². The molecule has 0 saturated heterocycles. The van der Waals surface area contributed by atoms with Crippen LogP contribution in [0.1, 0.15) is 5.69 Å². The molecule has 0 radical (unpaired) electrons. The van der Waals surface area contributed by atoms with Crippen LogP contribution in [0.15, 0.2) is 48.8 Å². The molecule has 0 aliphatic rings. The summed E-state index contributed by atoms with van der Waals surface area (Å²) in [4.78, 5) is 16.3. The van der Waals surface area contributed by atoms with Crippen molar-refractivity contribution in [3.63, 3.8) is 0 Å². The van der Waals surface area contributed by atoms with Gasteiger partial charge in [-0.3, -0.25) is 4.79 Å². The maximum absolute atomic E-state index is 11.9. The molecule has 0 fully saturated rings. The molecular weight excluding hydrogens is 282 g/mol. The van der Waals surface area contributed by atoms with Crippen LogP contribution in [0.25, 0.3) is 5.65 Å². The van der Waals surface area contributed by atoms with Gasteiger partial charge in [0.25, 0.3) is 5.91 Å². The molecule has 1 amide bonds. The number of aryl methyl sites for hydroxylation is 1. The molecule has 0 spiro atoms. The van der Waals surface area contributed by atoms with E-state index in [1.165, 1.54) is 12.1 Å². The second-order valence-electron chi connectivity index (χ2n) is 4.87. The third-order valence-corrected chi connectivity index (χ3v) is 3.06. The van der Waals surface area contributed by atoms with Gasteiger partial charge in [-0.05, 0) is 31.2 Å². The fourth-order valence-corrected chi connectivity index (χ4v) is 2.15. The summed E-state index contributed by atoms with van der Waals surface area (Å²) < 4.78 is 7.38. The van der Waals surface area contributed by atoms with Crippen molar-refractivity contribution in [2.24, 2.45) is 0 Å². The number of aromatic hydroxyl groups is 1. The molecule has 0 aliphatic heterocycles. The van der Waals surface area contributed by atoms with E-state index in [0.717, 1.165) is 5.69 Å². The van der Waals surface area contributed by atoms with E-state index in [0.29, 0.717) is 17.1 Å². The minimum Gasteiger partial charge on any atom is -0.508 e. The number of benzene rings is 1. The highest BCUT2D eigenvalue weighted by Crippen LogP contribution is 2.19. The predicted molar refractivity (Wildman–Crippen MR) is 82.2 cm³/mol. The number of fused-ring (bicyclic) bond motifs is 1. The summed E-state index contributed by atoms with van der Waals surface area (Å²) in [6, 6.07) is 9.94. The number of amides is 1. The molecule has 0 bridgehead atoms. The van der Waals surface area contributed by atoms with Gasteiger partial charge in [-0.25, -0.2) is 4.98 Å². The van der Waals surface area contributed by atoms with Crippen molar-refractivity contribution in [3.05, 3.63) is 54.5 Å². The molecule has 3 aromatic rings. The SMILES string of the molecule is Cc1cn2cccc(OCC(=O)Nc3cccc(O)c3)c2n1. The molecule has 6 nitrogen and oxygen atoms in total. The molecule has 2 aromatic heterocycles. The second-order valence-corrected chi connectivity index (χ2v) is 4.87. The van der Waals surface area contributed by atoms with Crippen molar-refractivity contribution < 1.29 is 14.6 Å². The highest BCUT2D eigenvalue weighted by atomic mass is 16.5. The smallest absolute Gasteiger partial charge is 0.262 e. The Balaban J connectivity index is 1.67. The molecule has 2 N–H and O–H groups in total. The lowest BCUT2D eigenvalue weighted by Crippen LogP contribution is -2.20. The van der Waals surface area contributed by atoms with E-state index >= 15 is 0 Å². The monoisotopic (exact) mass is 297 g/mol. The summed E-state index contributed by atoms with van der Waals surface area (Å²) in [7, 11) is 0. The number of carbonyl (C=O) groups excluding carboxylic acids is 1. The minimum atomic E-state index is -0.309. The quantitative estimate of drug-likeness (QED) is 0.775. The van der Waals surface area contributed by atoms with Gasteiger partial charge in [0.05, 0.1) is 5.69 Å². The number of nitrogens with zero attached hydrogens (tertiary/aromatic N) is 2. The number of ether oxygens (including phenoxy) is 1. The second kappa shape index (κ2) is 5.77. The molecule has 6 heteroatoms. The third kappa shape index (κ3) is 3.01. The maximum atomic E-state index is 11.9. The minimum absolute atomic E-state index is 0.0938. The van der Waals surface area contributed by atoms with Crippen LogP contribution in [0.3, 0.4) is 0 Å². The first kappa shape index (κ1) is 13.9. The zero-order valence-electron chi connectivity index (χ0n) is 12.0. The van der Waals surface area contributed by atoms with E-state index in [-0.39, 0.29) is 18.3 Å². The number of hydrogen-bond donors (Lipinski definition) is 2. The Labute approximate surface area is 127 Å². The predicted octanol–water partition coefficient (Wildman–Crippen LogP) is 2.37. The van der Waals surface area contributed by atoms with Crippen molar-refractivity contribution in [2.45, 2.75) is 6.92 Å². The van der Waals surface area contributed by atoms with E-state index in [2.05, 4.69) is 10.3 Å². The Morgan fingerprint density at radius 1 is 1.36 bits per heavy atom. The first-order valence-corrected chi connectivity index (χ1v) is 6.78. The van der Waals surface area contributed by atoms with Gasteiger partial charge in [-0.2, -0.15) is 0 Å². The lowest BCUT2D eigenvalue weighted by molar-refractivity contribution is -0.118. The van der Waals surface area contributed by atoms with E-state index in [1.807, 2.05) is 29.8 Å². The standard InChI is InChI=1S/C16H15N3O3/c1-11-9-19-7-3-6-14(16(19)17-11)22-10-15(21)18-12-4-2-5-13(20)8-12/h2-9,20H,10H2,1H3,(H,18,21). The molecule has 2 heterocycles. The normalized spacial score (nSPS) is 10.6. The number of aromatic nitrogens is 2. The average Bonchev–Trinajstić information content (AvgIpc) is 2.86. The zero-order valence-corrected chi connectivity index (χ0v) is 12.0. The molecule has 0 aliphatic carbocycles. The maximum Gasteiger partial charge on any atom is 0.262 e. The molecule has 1 aromatic carbocycles. The Bertz CT molecular complexity index is 826. The van der Waals surface area contributed by atoms with Crippen LogP contribution >= 0.6 is 0 Å². The van der Waals surface area contributed by atoms with Crippen LogP contribution in [0.5, 0.6) is 11.5 Å². The fourth-order valence-electron chi connectivity index (χ4n) is 2.15. The molecule has 3 rings (SSSR count). The van der Waals surface area contributed by atoms with Crippen LogP contribution in [0, 0.1) is 6.92 Å². The molecule has 0 unspecified atom stereocenters. The number of phenolic OH excluding ortho intramolecular Hbond substituents is 1. The first-order valence-electron chi connectivity index (χ1n) is 6.78. The summed E-state index contributed by atoms with van der Waals surface area (Å²) in [6.45, 7) is 1.76. The van der Waals surface area contributed by atoms with Crippen LogP contribution in [-0.2, 0) is 4.79 Å². The highest BCUT2D eigenvalue weighted by Gasteiger charge is 2.08. The lowest BCUT2D eigenvalue weighted by atomic mass is 10.3. The molecule has 0 saturated carbocycles. The number of hydrogen-bond acceptors (Lipinski definition) is 4. The Morgan fingerprint density at radius 3 is 3.05 bits per heavy atom. The number of imidazole rings is 1.